The van der Waals surface area contributed by atoms with E-state index in [1.807, 2.05) is 37.0 Å². The quantitative estimate of drug-likeness (QED) is 0.622. The molecule has 9 heteroatoms. The number of carboxylic acid groups (broad SMARTS) is 1. The van der Waals surface area contributed by atoms with Crippen molar-refractivity contribution >= 4 is 23.3 Å². The third kappa shape index (κ3) is 3.07. The van der Waals surface area contributed by atoms with Crippen LogP contribution in [0.25, 0.3) is 16.8 Å². The Bertz CT molecular complexity index is 1050. The van der Waals surface area contributed by atoms with Crippen molar-refractivity contribution in [3.05, 3.63) is 30.2 Å². The van der Waals surface area contributed by atoms with E-state index in [4.69, 9.17) is 15.8 Å². The Balaban J connectivity index is 1.70. The second-order valence-electron chi connectivity index (χ2n) is 7.59. The summed E-state index contributed by atoms with van der Waals surface area (Å²) in [4.78, 5) is 17.9. The standard InChI is InChI=1S/C19H24N6O3/c1-12-16(20)25-18(14(10-21-25)13-3-6-23(2)11-13)22-17(12)24-7-4-19(28,5-8-24)9-15(26)27/h3,6,10-11,28H,4-5,7-9,20H2,1-2H3,(H,26,27). The number of rotatable bonds is 4. The van der Waals surface area contributed by atoms with E-state index < -0.39 is 11.6 Å². The third-order valence-electron chi connectivity index (χ3n) is 5.52. The van der Waals surface area contributed by atoms with Crippen molar-refractivity contribution in [1.29, 1.82) is 0 Å². The first kappa shape index (κ1) is 18.3. The summed E-state index contributed by atoms with van der Waals surface area (Å²) in [5.41, 5.74) is 8.57. The highest BCUT2D eigenvalue weighted by molar-refractivity contribution is 5.80. The Morgan fingerprint density at radius 1 is 1.36 bits per heavy atom. The van der Waals surface area contributed by atoms with Crippen LogP contribution in [-0.2, 0) is 11.8 Å². The molecule has 148 valence electrons. The first-order valence-electron chi connectivity index (χ1n) is 9.23. The number of fused-ring (bicyclic) bond motifs is 1. The van der Waals surface area contributed by atoms with Gasteiger partial charge in [0, 0.05) is 49.2 Å². The highest BCUT2D eigenvalue weighted by Gasteiger charge is 2.35. The molecule has 3 aromatic rings. The molecule has 28 heavy (non-hydrogen) atoms. The number of hydrogen-bond acceptors (Lipinski definition) is 6. The van der Waals surface area contributed by atoms with Crippen LogP contribution >= 0.6 is 0 Å². The minimum Gasteiger partial charge on any atom is -0.481 e. The van der Waals surface area contributed by atoms with Gasteiger partial charge in [0.05, 0.1) is 18.2 Å². The summed E-state index contributed by atoms with van der Waals surface area (Å²) in [7, 11) is 1.96. The van der Waals surface area contributed by atoms with Gasteiger partial charge in [-0.3, -0.25) is 4.79 Å². The van der Waals surface area contributed by atoms with Crippen molar-refractivity contribution in [2.24, 2.45) is 7.05 Å². The average Bonchev–Trinajstić information content (AvgIpc) is 3.24. The summed E-state index contributed by atoms with van der Waals surface area (Å²) >= 11 is 0. The van der Waals surface area contributed by atoms with Gasteiger partial charge in [-0.25, -0.2) is 4.98 Å². The van der Waals surface area contributed by atoms with Crippen LogP contribution in [0, 0.1) is 6.92 Å². The molecule has 1 saturated heterocycles. The summed E-state index contributed by atoms with van der Waals surface area (Å²) in [5.74, 6) is 0.288. The fourth-order valence-electron chi connectivity index (χ4n) is 3.85. The monoisotopic (exact) mass is 384 g/mol. The van der Waals surface area contributed by atoms with Gasteiger partial charge in [-0.05, 0) is 25.8 Å². The second kappa shape index (κ2) is 6.52. The molecule has 0 spiro atoms. The molecule has 1 aliphatic heterocycles. The number of nitrogens with zero attached hydrogens (tertiary/aromatic N) is 5. The minimum atomic E-state index is -1.17. The zero-order chi connectivity index (χ0) is 20.1. The molecule has 0 radical (unpaired) electrons. The molecule has 0 amide bonds. The van der Waals surface area contributed by atoms with Crippen LogP contribution in [0.1, 0.15) is 24.8 Å². The summed E-state index contributed by atoms with van der Waals surface area (Å²) in [6, 6.07) is 2.00. The summed E-state index contributed by atoms with van der Waals surface area (Å²) < 4.78 is 3.61. The molecule has 0 aromatic carbocycles. The van der Waals surface area contributed by atoms with Gasteiger partial charge in [0.2, 0.25) is 0 Å². The van der Waals surface area contributed by atoms with Crippen LogP contribution in [0.4, 0.5) is 11.6 Å². The number of carboxylic acids is 1. The lowest BCUT2D eigenvalue weighted by Crippen LogP contribution is -2.46. The number of hydrogen-bond donors (Lipinski definition) is 3. The molecule has 0 bridgehead atoms. The maximum atomic E-state index is 11.0. The first-order valence-corrected chi connectivity index (χ1v) is 9.23. The largest absolute Gasteiger partial charge is 0.481 e. The number of aliphatic hydroxyl groups is 1. The van der Waals surface area contributed by atoms with E-state index >= 15 is 0 Å². The fraction of sp³-hybridized carbons (Fsp3) is 0.421. The van der Waals surface area contributed by atoms with Crippen LogP contribution < -0.4 is 10.6 Å². The maximum Gasteiger partial charge on any atom is 0.306 e. The highest BCUT2D eigenvalue weighted by atomic mass is 16.4. The Kier molecular flexibility index (Phi) is 4.26. The van der Waals surface area contributed by atoms with Crippen molar-refractivity contribution in [3.8, 4) is 11.1 Å². The van der Waals surface area contributed by atoms with Gasteiger partial charge in [0.25, 0.3) is 0 Å². The van der Waals surface area contributed by atoms with Crippen molar-refractivity contribution in [2.75, 3.05) is 23.7 Å². The summed E-state index contributed by atoms with van der Waals surface area (Å²) in [6.45, 7) is 2.93. The van der Waals surface area contributed by atoms with E-state index in [2.05, 4.69) is 10.00 Å². The van der Waals surface area contributed by atoms with Crippen LogP contribution in [0.3, 0.4) is 0 Å². The Hall–Kier alpha value is -3.07. The van der Waals surface area contributed by atoms with E-state index in [1.54, 1.807) is 10.7 Å². The zero-order valence-electron chi connectivity index (χ0n) is 16.0. The molecule has 1 aliphatic rings. The van der Waals surface area contributed by atoms with Crippen molar-refractivity contribution in [1.82, 2.24) is 19.2 Å². The smallest absolute Gasteiger partial charge is 0.306 e. The lowest BCUT2D eigenvalue weighted by molar-refractivity contribution is -0.143. The predicted octanol–water partition coefficient (Wildman–Crippen LogP) is 1.43. The molecule has 4 N–H and O–H groups in total. The SMILES string of the molecule is Cc1c(N2CCC(O)(CC(=O)O)CC2)nc2c(-c3ccn(C)c3)cnn2c1N. The van der Waals surface area contributed by atoms with Gasteiger partial charge in [-0.15, -0.1) is 0 Å². The number of aliphatic carboxylic acids is 1. The van der Waals surface area contributed by atoms with Crippen molar-refractivity contribution in [2.45, 2.75) is 31.8 Å². The molecule has 9 nitrogen and oxygen atoms in total. The van der Waals surface area contributed by atoms with E-state index in [1.165, 1.54) is 0 Å². The number of aromatic nitrogens is 4. The Morgan fingerprint density at radius 3 is 2.68 bits per heavy atom. The molecular weight excluding hydrogens is 360 g/mol. The highest BCUT2D eigenvalue weighted by Crippen LogP contribution is 2.33. The van der Waals surface area contributed by atoms with Gasteiger partial charge < -0.3 is 25.4 Å². The minimum absolute atomic E-state index is 0.241. The number of carbonyl (C=O) groups is 1. The molecular formula is C19H24N6O3. The first-order chi connectivity index (χ1) is 13.3. The second-order valence-corrected chi connectivity index (χ2v) is 7.59. The molecule has 0 unspecified atom stereocenters. The van der Waals surface area contributed by atoms with Crippen LogP contribution in [-0.4, -0.2) is 54.0 Å². The summed E-state index contributed by atoms with van der Waals surface area (Å²) in [5, 5.41) is 23.9. The van der Waals surface area contributed by atoms with Crippen molar-refractivity contribution < 1.29 is 15.0 Å². The number of nitrogen functional groups attached to an aromatic ring is 1. The van der Waals surface area contributed by atoms with E-state index in [-0.39, 0.29) is 6.42 Å². The molecule has 4 rings (SSSR count). The topological polar surface area (TPSA) is 122 Å². The summed E-state index contributed by atoms with van der Waals surface area (Å²) in [6.07, 6.45) is 6.23. The maximum absolute atomic E-state index is 11.0. The van der Waals surface area contributed by atoms with Gasteiger partial charge in [0.15, 0.2) is 5.65 Å². The molecule has 3 aromatic heterocycles. The molecule has 0 aliphatic carbocycles. The van der Waals surface area contributed by atoms with E-state index in [9.17, 15) is 9.90 Å². The van der Waals surface area contributed by atoms with Crippen molar-refractivity contribution in [3.63, 3.8) is 0 Å². The van der Waals surface area contributed by atoms with Crippen LogP contribution in [0.5, 0.6) is 0 Å². The van der Waals surface area contributed by atoms with E-state index in [0.29, 0.717) is 37.4 Å². The number of anilines is 2. The van der Waals surface area contributed by atoms with Gasteiger partial charge in [-0.1, -0.05) is 0 Å². The van der Waals surface area contributed by atoms with Gasteiger partial charge in [-0.2, -0.15) is 9.61 Å². The predicted molar refractivity (Wildman–Crippen MR) is 105 cm³/mol. The fourth-order valence-corrected chi connectivity index (χ4v) is 3.85. The van der Waals surface area contributed by atoms with Gasteiger partial charge >= 0.3 is 5.97 Å². The molecule has 1 fully saturated rings. The van der Waals surface area contributed by atoms with Gasteiger partial charge in [0.1, 0.15) is 11.6 Å². The zero-order valence-corrected chi connectivity index (χ0v) is 16.0. The number of nitrogens with two attached hydrogens (primary N) is 1. The van der Waals surface area contributed by atoms with Crippen LogP contribution in [0.15, 0.2) is 24.7 Å². The molecule has 0 saturated carbocycles. The molecule has 0 atom stereocenters. The third-order valence-corrected chi connectivity index (χ3v) is 5.52. The Labute approximate surface area is 162 Å². The van der Waals surface area contributed by atoms with Crippen LogP contribution in [0.2, 0.25) is 0 Å². The lowest BCUT2D eigenvalue weighted by Gasteiger charge is -2.38. The molecule has 4 heterocycles. The van der Waals surface area contributed by atoms with E-state index in [0.717, 1.165) is 22.5 Å². The lowest BCUT2D eigenvalue weighted by atomic mass is 9.88. The Morgan fingerprint density at radius 2 is 2.07 bits per heavy atom. The number of aryl methyl sites for hydroxylation is 1. The normalized spacial score (nSPS) is 16.6. The number of piperidine rings is 1. The average molecular weight is 384 g/mol.